The monoisotopic (exact) mass is 370 g/mol. The maximum absolute atomic E-state index is 3.71. The van der Waals surface area contributed by atoms with Crippen molar-refractivity contribution in [3.63, 3.8) is 0 Å². The van der Waals surface area contributed by atoms with Gasteiger partial charge in [0.1, 0.15) is 0 Å². The van der Waals surface area contributed by atoms with Crippen LogP contribution in [-0.2, 0) is 0 Å². The van der Waals surface area contributed by atoms with Crippen LogP contribution in [0.25, 0.3) is 0 Å². The van der Waals surface area contributed by atoms with Crippen molar-refractivity contribution in [1.29, 1.82) is 0 Å². The Bertz CT molecular complexity index is 561. The van der Waals surface area contributed by atoms with Gasteiger partial charge in [-0.15, -0.1) is 0 Å². The van der Waals surface area contributed by atoms with E-state index < -0.39 is 0 Å². The molecule has 0 radical (unpaired) electrons. The maximum atomic E-state index is 3.71. The molecule has 0 saturated carbocycles. The SMILES string of the molecule is CC1=C2C(Br)=CC=CC23CC=C(Br)C(C)=C3S1. The van der Waals surface area contributed by atoms with E-state index in [-0.39, 0.29) is 5.41 Å². The van der Waals surface area contributed by atoms with Crippen LogP contribution in [0.15, 0.2) is 54.2 Å². The molecule has 1 aliphatic heterocycles. The number of thioether (sulfide) groups is 1. The highest BCUT2D eigenvalue weighted by Gasteiger charge is 2.46. The number of hydrogen-bond acceptors (Lipinski definition) is 1. The Hall–Kier alpha value is 0.01000. The molecular formula is C14H12Br2S. The predicted molar refractivity (Wildman–Crippen MR) is 83.2 cm³/mol. The highest BCUT2D eigenvalue weighted by molar-refractivity contribution is 9.12. The molecule has 1 atom stereocenters. The van der Waals surface area contributed by atoms with E-state index in [1.807, 2.05) is 11.8 Å². The summed E-state index contributed by atoms with van der Waals surface area (Å²) in [5.41, 5.74) is 2.93. The zero-order valence-electron chi connectivity index (χ0n) is 9.68. The van der Waals surface area contributed by atoms with Crippen LogP contribution in [0.2, 0.25) is 0 Å². The first-order chi connectivity index (χ1) is 8.06. The van der Waals surface area contributed by atoms with E-state index >= 15 is 0 Å². The zero-order chi connectivity index (χ0) is 12.2. The van der Waals surface area contributed by atoms with E-state index in [1.165, 1.54) is 29.9 Å². The number of halogens is 2. The molecule has 88 valence electrons. The van der Waals surface area contributed by atoms with Crippen LogP contribution >= 0.6 is 43.6 Å². The van der Waals surface area contributed by atoms with Gasteiger partial charge in [-0.2, -0.15) is 0 Å². The second-order valence-corrected chi connectivity index (χ2v) is 7.52. The fourth-order valence-corrected chi connectivity index (χ4v) is 5.65. The lowest BCUT2D eigenvalue weighted by molar-refractivity contribution is 0.587. The zero-order valence-corrected chi connectivity index (χ0v) is 13.7. The van der Waals surface area contributed by atoms with Gasteiger partial charge in [-0.1, -0.05) is 61.8 Å². The highest BCUT2D eigenvalue weighted by atomic mass is 79.9. The van der Waals surface area contributed by atoms with Gasteiger partial charge >= 0.3 is 0 Å². The van der Waals surface area contributed by atoms with Gasteiger partial charge in [-0.3, -0.25) is 0 Å². The molecule has 2 aliphatic carbocycles. The van der Waals surface area contributed by atoms with Crippen LogP contribution < -0.4 is 0 Å². The molecular weight excluding hydrogens is 360 g/mol. The smallest absolute Gasteiger partial charge is 0.0504 e. The van der Waals surface area contributed by atoms with E-state index in [9.17, 15) is 0 Å². The molecule has 0 aromatic rings. The fraction of sp³-hybridized carbons (Fsp3) is 0.286. The van der Waals surface area contributed by atoms with Crippen LogP contribution in [0.4, 0.5) is 0 Å². The Kier molecular flexibility index (Phi) is 2.84. The first-order valence-electron chi connectivity index (χ1n) is 5.58. The van der Waals surface area contributed by atoms with E-state index in [2.05, 4.69) is 70.0 Å². The molecule has 3 aliphatic rings. The van der Waals surface area contributed by atoms with Crippen LogP contribution in [0, 0.1) is 5.41 Å². The summed E-state index contributed by atoms with van der Waals surface area (Å²) in [6.45, 7) is 4.43. The van der Waals surface area contributed by atoms with Crippen molar-refractivity contribution < 1.29 is 0 Å². The largest absolute Gasteiger partial charge is 0.0973 e. The lowest BCUT2D eigenvalue weighted by atomic mass is 9.71. The van der Waals surface area contributed by atoms with Gasteiger partial charge in [-0.25, -0.2) is 0 Å². The molecule has 0 bridgehead atoms. The minimum absolute atomic E-state index is 0.101. The molecule has 1 heterocycles. The van der Waals surface area contributed by atoms with Crippen molar-refractivity contribution >= 4 is 43.6 Å². The van der Waals surface area contributed by atoms with Crippen molar-refractivity contribution in [3.05, 3.63) is 54.2 Å². The number of rotatable bonds is 0. The maximum Gasteiger partial charge on any atom is 0.0504 e. The van der Waals surface area contributed by atoms with Crippen molar-refractivity contribution in [2.24, 2.45) is 5.41 Å². The molecule has 0 saturated heterocycles. The molecule has 3 rings (SSSR count). The third kappa shape index (κ3) is 1.55. The Morgan fingerprint density at radius 3 is 2.76 bits per heavy atom. The van der Waals surface area contributed by atoms with Crippen LogP contribution in [0.5, 0.6) is 0 Å². The van der Waals surface area contributed by atoms with Crippen molar-refractivity contribution in [2.45, 2.75) is 20.3 Å². The molecule has 0 nitrogen and oxygen atoms in total. The van der Waals surface area contributed by atoms with E-state index in [1.54, 1.807) is 0 Å². The summed E-state index contributed by atoms with van der Waals surface area (Å²) in [4.78, 5) is 2.91. The number of hydrogen-bond donors (Lipinski definition) is 0. The lowest BCUT2D eigenvalue weighted by Crippen LogP contribution is -2.23. The molecule has 17 heavy (non-hydrogen) atoms. The van der Waals surface area contributed by atoms with Crippen molar-refractivity contribution in [1.82, 2.24) is 0 Å². The second-order valence-electron chi connectivity index (χ2n) is 4.59. The minimum Gasteiger partial charge on any atom is -0.0973 e. The molecule has 1 spiro atoms. The first kappa shape index (κ1) is 12.1. The third-order valence-electron chi connectivity index (χ3n) is 3.62. The molecule has 0 fully saturated rings. The summed E-state index contributed by atoms with van der Waals surface area (Å²) in [5, 5.41) is 0. The summed E-state index contributed by atoms with van der Waals surface area (Å²) in [6, 6.07) is 0. The lowest BCUT2D eigenvalue weighted by Gasteiger charge is -2.35. The summed E-state index contributed by atoms with van der Waals surface area (Å²) in [7, 11) is 0. The predicted octanol–water partition coefficient (Wildman–Crippen LogP) is 5.80. The quantitative estimate of drug-likeness (QED) is 0.518. The summed E-state index contributed by atoms with van der Waals surface area (Å²) >= 11 is 9.30. The Morgan fingerprint density at radius 2 is 2.00 bits per heavy atom. The van der Waals surface area contributed by atoms with Crippen LogP contribution in [-0.4, -0.2) is 0 Å². The first-order valence-corrected chi connectivity index (χ1v) is 7.98. The topological polar surface area (TPSA) is 0 Å². The summed E-state index contributed by atoms with van der Waals surface area (Å²) < 4.78 is 2.48. The number of allylic oxidation sites excluding steroid dienone is 10. The standard InChI is InChI=1S/C14H12Br2S/c1-8-10(15)5-7-14-6-3-4-11(16)12(14)9(2)17-13(8)14/h3-6H,7H2,1-2H3. The molecule has 1 unspecified atom stereocenters. The Balaban J connectivity index is 2.25. The molecule has 0 aromatic carbocycles. The minimum atomic E-state index is 0.101. The van der Waals surface area contributed by atoms with Gasteiger partial charge < -0.3 is 0 Å². The fourth-order valence-electron chi connectivity index (χ4n) is 2.83. The summed E-state index contributed by atoms with van der Waals surface area (Å²) in [5.74, 6) is 0. The van der Waals surface area contributed by atoms with Crippen LogP contribution in [0.3, 0.4) is 0 Å². The van der Waals surface area contributed by atoms with Gasteiger partial charge in [0.15, 0.2) is 0 Å². The molecule has 0 aromatic heterocycles. The average Bonchev–Trinajstić information content (AvgIpc) is 2.60. The normalized spacial score (nSPS) is 31.3. The van der Waals surface area contributed by atoms with Crippen LogP contribution in [0.1, 0.15) is 20.3 Å². The average molecular weight is 372 g/mol. The molecule has 3 heteroatoms. The third-order valence-corrected chi connectivity index (χ3v) is 6.59. The second kappa shape index (κ2) is 4.01. The van der Waals surface area contributed by atoms with Gasteiger partial charge in [0.2, 0.25) is 0 Å². The van der Waals surface area contributed by atoms with Gasteiger partial charge in [0.25, 0.3) is 0 Å². The van der Waals surface area contributed by atoms with E-state index in [0.717, 1.165) is 6.42 Å². The molecule has 0 N–H and O–H groups in total. The van der Waals surface area contributed by atoms with Crippen molar-refractivity contribution in [3.8, 4) is 0 Å². The van der Waals surface area contributed by atoms with Crippen molar-refractivity contribution in [2.75, 3.05) is 0 Å². The molecule has 0 amide bonds. The Morgan fingerprint density at radius 1 is 1.24 bits per heavy atom. The van der Waals surface area contributed by atoms with Gasteiger partial charge in [0, 0.05) is 13.9 Å². The Labute approximate surface area is 123 Å². The van der Waals surface area contributed by atoms with Gasteiger partial charge in [-0.05, 0) is 42.4 Å². The van der Waals surface area contributed by atoms with E-state index in [0.29, 0.717) is 0 Å². The van der Waals surface area contributed by atoms with E-state index in [4.69, 9.17) is 0 Å². The highest BCUT2D eigenvalue weighted by Crippen LogP contribution is 2.63. The summed E-state index contributed by atoms with van der Waals surface area (Å²) in [6.07, 6.45) is 10.0. The van der Waals surface area contributed by atoms with Gasteiger partial charge in [0.05, 0.1) is 5.41 Å².